The number of carbonyl (C=O) groups is 2. The van der Waals surface area contributed by atoms with Crippen LogP contribution in [0.25, 0.3) is 5.57 Å². The lowest BCUT2D eigenvalue weighted by Gasteiger charge is -2.51. The Morgan fingerprint density at radius 3 is 2.23 bits per heavy atom. The van der Waals surface area contributed by atoms with Gasteiger partial charge in [0.1, 0.15) is 0 Å². The van der Waals surface area contributed by atoms with Crippen LogP contribution in [0.1, 0.15) is 50.5 Å². The summed E-state index contributed by atoms with van der Waals surface area (Å²) in [6.07, 6.45) is 8.42. The summed E-state index contributed by atoms with van der Waals surface area (Å²) in [4.78, 5) is 25.6. The maximum absolute atomic E-state index is 12.8. The normalized spacial score (nSPS) is 37.5. The first-order chi connectivity index (χ1) is 12.7. The average molecular weight is 366 g/mol. The van der Waals surface area contributed by atoms with Crippen molar-refractivity contribution >= 4 is 28.8 Å². The van der Waals surface area contributed by atoms with Crippen molar-refractivity contribution in [1.29, 1.82) is 0 Å². The highest BCUT2D eigenvalue weighted by molar-refractivity contribution is 7.08. The van der Waals surface area contributed by atoms with E-state index in [1.807, 2.05) is 0 Å². The third kappa shape index (κ3) is 2.17. The molecule has 0 atom stereocenters. The molecule has 2 heterocycles. The lowest BCUT2D eigenvalue weighted by molar-refractivity contribution is -0.149. The Kier molecular flexibility index (Phi) is 3.20. The van der Waals surface area contributed by atoms with Gasteiger partial charge in [-0.3, -0.25) is 0 Å². The highest BCUT2D eigenvalue weighted by atomic mass is 32.1. The molecule has 1 aromatic rings. The Morgan fingerprint density at radius 1 is 0.962 bits per heavy atom. The van der Waals surface area contributed by atoms with Gasteiger partial charge in [0, 0.05) is 0 Å². The second-order valence-corrected chi connectivity index (χ2v) is 9.67. The molecule has 3 nitrogen and oxygen atoms in total. The van der Waals surface area contributed by atoms with Gasteiger partial charge in [-0.25, -0.2) is 9.59 Å². The highest BCUT2D eigenvalue weighted by Gasteiger charge is 2.50. The molecule has 1 aliphatic heterocycles. The zero-order valence-electron chi connectivity index (χ0n) is 14.7. The summed E-state index contributed by atoms with van der Waals surface area (Å²) in [5, 5.41) is 4.16. The zero-order chi connectivity index (χ0) is 17.4. The van der Waals surface area contributed by atoms with Crippen LogP contribution < -0.4 is 0 Å². The summed E-state index contributed by atoms with van der Waals surface area (Å²) in [6.45, 7) is 0. The largest absolute Gasteiger partial charge is 0.386 e. The Hall–Kier alpha value is -1.68. The average Bonchev–Trinajstić information content (AvgIpc) is 3.20. The van der Waals surface area contributed by atoms with Gasteiger partial charge in [-0.05, 0) is 108 Å². The molecule has 5 aliphatic carbocycles. The maximum atomic E-state index is 12.8. The molecule has 26 heavy (non-hydrogen) atoms. The standard InChI is InChI=1S/C22H22O3S/c23-21-19(17(13-1-2-13)14-3-4-26-10-14)20(22(24)25-21)18-15-6-11-5-12(8-15)9-16(18)7-11/h3-4,10-13,15-16H,1-2,5-9H2/b19-17+,20-18?. The van der Waals surface area contributed by atoms with Crippen molar-refractivity contribution in [3.8, 4) is 0 Å². The van der Waals surface area contributed by atoms with Gasteiger partial charge in [0.05, 0.1) is 11.1 Å². The van der Waals surface area contributed by atoms with Crippen molar-refractivity contribution < 1.29 is 14.3 Å². The molecule has 0 radical (unpaired) electrons. The lowest BCUT2D eigenvalue weighted by atomic mass is 9.53. The first-order valence-corrected chi connectivity index (χ1v) is 10.9. The molecule has 0 N–H and O–H groups in total. The number of carbonyl (C=O) groups excluding carboxylic acids is 2. The van der Waals surface area contributed by atoms with E-state index in [1.54, 1.807) is 11.3 Å². The number of hydrogen-bond acceptors (Lipinski definition) is 4. The van der Waals surface area contributed by atoms with Gasteiger partial charge < -0.3 is 4.74 Å². The number of hydrogen-bond donors (Lipinski definition) is 0. The van der Waals surface area contributed by atoms with Crippen LogP contribution in [0.5, 0.6) is 0 Å². The molecule has 134 valence electrons. The van der Waals surface area contributed by atoms with E-state index in [0.717, 1.165) is 35.8 Å². The van der Waals surface area contributed by atoms with Crippen LogP contribution in [-0.2, 0) is 14.3 Å². The van der Waals surface area contributed by atoms with Crippen molar-refractivity contribution in [2.45, 2.75) is 44.9 Å². The molecule has 1 aromatic heterocycles. The smallest absolute Gasteiger partial charge is 0.347 e. The fourth-order valence-corrected chi connectivity index (χ4v) is 7.03. The number of esters is 2. The van der Waals surface area contributed by atoms with Crippen LogP contribution in [-0.4, -0.2) is 11.9 Å². The summed E-state index contributed by atoms with van der Waals surface area (Å²) in [5.41, 5.74) is 4.78. The van der Waals surface area contributed by atoms with Crippen molar-refractivity contribution in [3.05, 3.63) is 39.1 Å². The molecule has 1 saturated heterocycles. The maximum Gasteiger partial charge on any atom is 0.347 e. The molecule has 0 spiro atoms. The van der Waals surface area contributed by atoms with E-state index >= 15 is 0 Å². The fraction of sp³-hybridized carbons (Fsp3) is 0.545. The predicted octanol–water partition coefficient (Wildman–Crippen LogP) is 4.75. The van der Waals surface area contributed by atoms with Crippen LogP contribution in [0, 0.1) is 29.6 Å². The Morgan fingerprint density at radius 2 is 1.65 bits per heavy atom. The highest BCUT2D eigenvalue weighted by Crippen LogP contribution is 2.59. The van der Waals surface area contributed by atoms with Gasteiger partial charge in [0.2, 0.25) is 0 Å². The number of thiophene rings is 1. The molecule has 5 saturated carbocycles. The number of allylic oxidation sites excluding steroid dienone is 2. The summed E-state index contributed by atoms with van der Waals surface area (Å²) < 4.78 is 5.21. The van der Waals surface area contributed by atoms with E-state index in [2.05, 4.69) is 16.8 Å². The molecular weight excluding hydrogens is 344 g/mol. The Bertz CT molecular complexity index is 839. The molecule has 0 unspecified atom stereocenters. The summed E-state index contributed by atoms with van der Waals surface area (Å²) in [6, 6.07) is 2.08. The van der Waals surface area contributed by atoms with Crippen LogP contribution in [0.2, 0.25) is 0 Å². The lowest BCUT2D eigenvalue weighted by Crippen LogP contribution is -2.41. The fourth-order valence-electron chi connectivity index (χ4n) is 6.37. The van der Waals surface area contributed by atoms with Gasteiger partial charge in [-0.1, -0.05) is 0 Å². The summed E-state index contributed by atoms with van der Waals surface area (Å²) in [7, 11) is 0. The van der Waals surface area contributed by atoms with Crippen LogP contribution in [0.15, 0.2) is 33.5 Å². The summed E-state index contributed by atoms with van der Waals surface area (Å²) in [5.74, 6) is 2.30. The second-order valence-electron chi connectivity index (χ2n) is 8.89. The van der Waals surface area contributed by atoms with E-state index in [-0.39, 0.29) is 5.97 Å². The van der Waals surface area contributed by atoms with Crippen molar-refractivity contribution in [2.75, 3.05) is 0 Å². The third-order valence-electron chi connectivity index (χ3n) is 7.24. The minimum atomic E-state index is -0.403. The zero-order valence-corrected chi connectivity index (χ0v) is 15.5. The van der Waals surface area contributed by atoms with Gasteiger partial charge in [0.15, 0.2) is 0 Å². The molecule has 6 aliphatic rings. The van der Waals surface area contributed by atoms with Crippen molar-refractivity contribution in [2.24, 2.45) is 29.6 Å². The second kappa shape index (κ2) is 5.41. The van der Waals surface area contributed by atoms with Crippen molar-refractivity contribution in [1.82, 2.24) is 0 Å². The minimum Gasteiger partial charge on any atom is -0.386 e. The molecule has 4 heteroatoms. The third-order valence-corrected chi connectivity index (χ3v) is 7.92. The van der Waals surface area contributed by atoms with Gasteiger partial charge in [-0.15, -0.1) is 0 Å². The molecule has 7 rings (SSSR count). The topological polar surface area (TPSA) is 43.4 Å². The molecule has 4 bridgehead atoms. The molecule has 0 amide bonds. The predicted molar refractivity (Wildman–Crippen MR) is 99.1 cm³/mol. The van der Waals surface area contributed by atoms with E-state index in [0.29, 0.717) is 28.9 Å². The summed E-state index contributed by atoms with van der Waals surface area (Å²) >= 11 is 1.65. The van der Waals surface area contributed by atoms with Crippen LogP contribution in [0.3, 0.4) is 0 Å². The van der Waals surface area contributed by atoms with Gasteiger partial charge in [0.25, 0.3) is 0 Å². The molecule has 0 aromatic carbocycles. The van der Waals surface area contributed by atoms with E-state index in [9.17, 15) is 9.59 Å². The van der Waals surface area contributed by atoms with Crippen LogP contribution >= 0.6 is 11.3 Å². The van der Waals surface area contributed by atoms with E-state index in [4.69, 9.17) is 4.74 Å². The minimum absolute atomic E-state index is 0.374. The number of rotatable bonds is 2. The quantitative estimate of drug-likeness (QED) is 0.431. The van der Waals surface area contributed by atoms with Gasteiger partial charge >= 0.3 is 11.9 Å². The SMILES string of the molecule is O=C1OC(=O)/C(=C(/c2ccsc2)C2CC2)C1=C1C2CC3CC(C2)CC1C3. The number of ether oxygens (including phenoxy) is 1. The van der Waals surface area contributed by atoms with Crippen molar-refractivity contribution in [3.63, 3.8) is 0 Å². The monoisotopic (exact) mass is 366 g/mol. The van der Waals surface area contributed by atoms with E-state index < -0.39 is 5.97 Å². The van der Waals surface area contributed by atoms with E-state index in [1.165, 1.54) is 37.7 Å². The Balaban J connectivity index is 1.57. The van der Waals surface area contributed by atoms with Crippen LogP contribution in [0.4, 0.5) is 0 Å². The molecular formula is C22H22O3S. The first kappa shape index (κ1) is 15.4. The van der Waals surface area contributed by atoms with Gasteiger partial charge in [-0.2, -0.15) is 11.3 Å². The number of cyclic esters (lactones) is 2. The Labute approximate surface area is 157 Å². The molecule has 6 fully saturated rings. The first-order valence-electron chi connectivity index (χ1n) is 9.96.